The summed E-state index contributed by atoms with van der Waals surface area (Å²) >= 11 is 0. The molecule has 0 radical (unpaired) electrons. The van der Waals surface area contributed by atoms with Crippen molar-refractivity contribution in [2.24, 2.45) is 5.92 Å². The largest absolute Gasteiger partial charge is 0.465 e. The minimum atomic E-state index is -3.94. The van der Waals surface area contributed by atoms with Gasteiger partial charge in [-0.25, -0.2) is 22.3 Å². The zero-order chi connectivity index (χ0) is 14.9. The number of esters is 1. The second-order valence-electron chi connectivity index (χ2n) is 5.03. The number of nitrogens with one attached hydrogen (secondary N) is 1. The van der Waals surface area contributed by atoms with E-state index < -0.39 is 21.8 Å². The van der Waals surface area contributed by atoms with Crippen LogP contribution in [0.25, 0.3) is 0 Å². The van der Waals surface area contributed by atoms with Gasteiger partial charge in [0.05, 0.1) is 17.6 Å². The van der Waals surface area contributed by atoms with Gasteiger partial charge in [-0.15, -0.1) is 0 Å². The molecule has 20 heavy (non-hydrogen) atoms. The van der Waals surface area contributed by atoms with Crippen LogP contribution in [0.1, 0.15) is 30.1 Å². The molecule has 0 aliphatic heterocycles. The smallest absolute Gasteiger partial charge is 0.339 e. The highest BCUT2D eigenvalue weighted by atomic mass is 32.2. The zero-order valence-corrected chi connectivity index (χ0v) is 12.0. The summed E-state index contributed by atoms with van der Waals surface area (Å²) in [5.74, 6) is -1.07. The van der Waals surface area contributed by atoms with E-state index in [2.05, 4.69) is 9.46 Å². The van der Waals surface area contributed by atoms with E-state index >= 15 is 0 Å². The molecule has 1 aromatic carbocycles. The van der Waals surface area contributed by atoms with E-state index in [9.17, 15) is 17.6 Å². The van der Waals surface area contributed by atoms with Crippen LogP contribution in [0.4, 0.5) is 4.39 Å². The van der Waals surface area contributed by atoms with Crippen LogP contribution in [0.5, 0.6) is 0 Å². The third-order valence-electron chi connectivity index (χ3n) is 3.33. The molecule has 0 bridgehead atoms. The summed E-state index contributed by atoms with van der Waals surface area (Å²) < 4.78 is 44.8. The van der Waals surface area contributed by atoms with Crippen LogP contribution in [0, 0.1) is 11.7 Å². The Morgan fingerprint density at radius 1 is 1.40 bits per heavy atom. The Labute approximate surface area is 117 Å². The lowest BCUT2D eigenvalue weighted by molar-refractivity contribution is 0.0596. The van der Waals surface area contributed by atoms with Crippen LogP contribution in [-0.2, 0) is 14.8 Å². The normalized spacial score (nSPS) is 22.1. The van der Waals surface area contributed by atoms with Crippen molar-refractivity contribution in [2.45, 2.75) is 30.7 Å². The highest BCUT2D eigenvalue weighted by molar-refractivity contribution is 7.89. The van der Waals surface area contributed by atoms with Crippen molar-refractivity contribution in [3.8, 4) is 0 Å². The average Bonchev–Trinajstić information content (AvgIpc) is 2.35. The van der Waals surface area contributed by atoms with Gasteiger partial charge in [-0.1, -0.05) is 6.92 Å². The quantitative estimate of drug-likeness (QED) is 0.859. The first-order valence-corrected chi connectivity index (χ1v) is 7.72. The molecule has 1 N–H and O–H groups in total. The lowest BCUT2D eigenvalue weighted by atomic mass is 9.83. The Balaban J connectivity index is 2.34. The summed E-state index contributed by atoms with van der Waals surface area (Å²) in [6, 6.07) is 2.80. The Bertz CT molecular complexity index is 623. The Kier molecular flexibility index (Phi) is 4.10. The molecule has 0 spiro atoms. The van der Waals surface area contributed by atoms with Crippen molar-refractivity contribution < 1.29 is 22.3 Å². The van der Waals surface area contributed by atoms with Gasteiger partial charge < -0.3 is 4.74 Å². The third kappa shape index (κ3) is 2.99. The molecule has 1 aromatic rings. The summed E-state index contributed by atoms with van der Waals surface area (Å²) in [5.41, 5.74) is -0.172. The molecule has 7 heteroatoms. The maximum atomic E-state index is 13.3. The molecular weight excluding hydrogens is 285 g/mol. The molecule has 1 aliphatic carbocycles. The van der Waals surface area contributed by atoms with Gasteiger partial charge in [0.25, 0.3) is 0 Å². The number of ether oxygens (including phenoxy) is 1. The SMILES string of the molecule is COC(=O)c1ccc(F)cc1S(=O)(=O)NC1CC(C)C1. The molecule has 0 unspecified atom stereocenters. The van der Waals surface area contributed by atoms with E-state index in [1.165, 1.54) is 0 Å². The maximum absolute atomic E-state index is 13.3. The van der Waals surface area contributed by atoms with Gasteiger partial charge in [0.15, 0.2) is 0 Å². The lowest BCUT2D eigenvalue weighted by Crippen LogP contribution is -2.43. The van der Waals surface area contributed by atoms with Crippen LogP contribution in [0.2, 0.25) is 0 Å². The number of carbonyl (C=O) groups excluding carboxylic acids is 1. The van der Waals surface area contributed by atoms with Crippen LogP contribution in [0.15, 0.2) is 23.1 Å². The van der Waals surface area contributed by atoms with Crippen LogP contribution < -0.4 is 4.72 Å². The number of hydrogen-bond acceptors (Lipinski definition) is 4. The highest BCUT2D eigenvalue weighted by Crippen LogP contribution is 2.28. The first-order valence-electron chi connectivity index (χ1n) is 6.23. The number of carbonyl (C=O) groups is 1. The van der Waals surface area contributed by atoms with Crippen LogP contribution in [0.3, 0.4) is 0 Å². The fraction of sp³-hybridized carbons (Fsp3) is 0.462. The van der Waals surface area contributed by atoms with E-state index in [4.69, 9.17) is 0 Å². The van der Waals surface area contributed by atoms with Gasteiger partial charge in [-0.3, -0.25) is 0 Å². The molecule has 0 saturated heterocycles. The van der Waals surface area contributed by atoms with Crippen molar-refractivity contribution in [1.82, 2.24) is 4.72 Å². The first kappa shape index (κ1) is 14.9. The average molecular weight is 301 g/mol. The monoisotopic (exact) mass is 301 g/mol. The standard InChI is InChI=1S/C13H16FNO4S/c1-8-5-10(6-8)15-20(17,18)12-7-9(14)3-4-11(12)13(16)19-2/h3-4,7-8,10,15H,5-6H2,1-2H3. The number of benzene rings is 1. The van der Waals surface area contributed by atoms with Gasteiger partial charge in [-0.05, 0) is 37.0 Å². The van der Waals surface area contributed by atoms with Gasteiger partial charge in [-0.2, -0.15) is 0 Å². The van der Waals surface area contributed by atoms with Crippen molar-refractivity contribution in [3.05, 3.63) is 29.6 Å². The number of methoxy groups -OCH3 is 1. The van der Waals surface area contributed by atoms with Crippen molar-refractivity contribution in [1.29, 1.82) is 0 Å². The van der Waals surface area contributed by atoms with Gasteiger partial charge in [0.1, 0.15) is 5.82 Å². The molecule has 1 aliphatic rings. The molecule has 5 nitrogen and oxygen atoms in total. The van der Waals surface area contributed by atoms with Gasteiger partial charge in [0.2, 0.25) is 10.0 Å². The second kappa shape index (κ2) is 5.49. The number of halogens is 1. The Morgan fingerprint density at radius 3 is 2.60 bits per heavy atom. The summed E-state index contributed by atoms with van der Waals surface area (Å²) in [4.78, 5) is 11.2. The zero-order valence-electron chi connectivity index (χ0n) is 11.2. The third-order valence-corrected chi connectivity index (χ3v) is 4.89. The minimum Gasteiger partial charge on any atom is -0.465 e. The molecule has 1 saturated carbocycles. The second-order valence-corrected chi connectivity index (χ2v) is 6.71. The maximum Gasteiger partial charge on any atom is 0.339 e. The van der Waals surface area contributed by atoms with Crippen molar-refractivity contribution >= 4 is 16.0 Å². The van der Waals surface area contributed by atoms with E-state index in [1.807, 2.05) is 6.92 Å². The minimum absolute atomic E-state index is 0.163. The predicted molar refractivity (Wildman–Crippen MR) is 70.2 cm³/mol. The molecule has 0 aromatic heterocycles. The molecule has 0 heterocycles. The van der Waals surface area contributed by atoms with Gasteiger partial charge >= 0.3 is 5.97 Å². The molecular formula is C13H16FNO4S. The number of rotatable bonds is 4. The fourth-order valence-electron chi connectivity index (χ4n) is 2.28. The van der Waals surface area contributed by atoms with E-state index in [0.717, 1.165) is 38.2 Å². The number of hydrogen-bond donors (Lipinski definition) is 1. The fourth-order valence-corrected chi connectivity index (χ4v) is 3.75. The lowest BCUT2D eigenvalue weighted by Gasteiger charge is -2.33. The Hall–Kier alpha value is -1.47. The van der Waals surface area contributed by atoms with E-state index in [-0.39, 0.29) is 16.5 Å². The van der Waals surface area contributed by atoms with Crippen molar-refractivity contribution in [3.63, 3.8) is 0 Å². The van der Waals surface area contributed by atoms with Crippen LogP contribution >= 0.6 is 0 Å². The summed E-state index contributed by atoms with van der Waals surface area (Å²) in [5, 5.41) is 0. The molecule has 2 rings (SSSR count). The van der Waals surface area contributed by atoms with E-state index in [1.54, 1.807) is 0 Å². The summed E-state index contributed by atoms with van der Waals surface area (Å²) in [6.07, 6.45) is 1.48. The number of sulfonamides is 1. The molecule has 110 valence electrons. The molecule has 1 fully saturated rings. The summed E-state index contributed by atoms with van der Waals surface area (Å²) in [6.45, 7) is 2.02. The van der Waals surface area contributed by atoms with E-state index in [0.29, 0.717) is 5.92 Å². The van der Waals surface area contributed by atoms with Crippen molar-refractivity contribution in [2.75, 3.05) is 7.11 Å². The highest BCUT2D eigenvalue weighted by Gasteiger charge is 2.32. The topological polar surface area (TPSA) is 72.5 Å². The van der Waals surface area contributed by atoms with Gasteiger partial charge in [0, 0.05) is 6.04 Å². The Morgan fingerprint density at radius 2 is 2.05 bits per heavy atom. The van der Waals surface area contributed by atoms with Crippen LogP contribution in [-0.4, -0.2) is 27.5 Å². The first-order chi connectivity index (χ1) is 9.33. The molecule has 0 atom stereocenters. The summed E-state index contributed by atoms with van der Waals surface area (Å²) in [7, 11) is -2.80. The predicted octanol–water partition coefficient (Wildman–Crippen LogP) is 1.69. The molecule has 0 amide bonds.